The van der Waals surface area contributed by atoms with Crippen LogP contribution in [-0.4, -0.2) is 23.6 Å². The van der Waals surface area contributed by atoms with Crippen LogP contribution in [0.1, 0.15) is 12.0 Å². The van der Waals surface area contributed by atoms with Gasteiger partial charge in [-0.3, -0.25) is 14.5 Å². The summed E-state index contributed by atoms with van der Waals surface area (Å²) >= 11 is 12.4. The number of nitrogens with zero attached hydrogens (tertiary/aromatic N) is 2. The van der Waals surface area contributed by atoms with Crippen molar-refractivity contribution >= 4 is 46.4 Å². The van der Waals surface area contributed by atoms with E-state index in [1.807, 2.05) is 24.3 Å². The van der Waals surface area contributed by atoms with Crippen molar-refractivity contribution < 1.29 is 14.4 Å². The first-order chi connectivity index (χ1) is 14.1. The maximum absolute atomic E-state index is 13.3. The number of hydrogen-bond donors (Lipinski definition) is 0. The molecule has 2 aromatic carbocycles. The van der Waals surface area contributed by atoms with E-state index >= 15 is 0 Å². The second kappa shape index (κ2) is 6.07. The van der Waals surface area contributed by atoms with Gasteiger partial charge < -0.3 is 4.84 Å². The Morgan fingerprint density at radius 3 is 2.31 bits per heavy atom. The number of imide groups is 1. The number of benzene rings is 2. The Kier molecular flexibility index (Phi) is 3.66. The fourth-order valence-electron chi connectivity index (χ4n) is 5.86. The summed E-state index contributed by atoms with van der Waals surface area (Å²) in [6.07, 6.45) is 0.634. The monoisotopic (exact) mass is 426 g/mol. The molecular formula is C22H16Cl2N2O3. The summed E-state index contributed by atoms with van der Waals surface area (Å²) < 4.78 is 0. The van der Waals surface area contributed by atoms with Crippen molar-refractivity contribution in [3.63, 3.8) is 0 Å². The fraction of sp³-hybridized carbons (Fsp3) is 0.318. The molecule has 0 spiro atoms. The Morgan fingerprint density at radius 1 is 0.897 bits per heavy atom. The smallest absolute Gasteiger partial charge is 0.238 e. The highest BCUT2D eigenvalue weighted by Crippen LogP contribution is 2.62. The molecule has 6 atom stereocenters. The molecule has 5 nitrogen and oxygen atoms in total. The van der Waals surface area contributed by atoms with E-state index in [1.54, 1.807) is 24.3 Å². The Balaban J connectivity index is 1.37. The highest BCUT2D eigenvalue weighted by atomic mass is 35.5. The first kappa shape index (κ1) is 17.5. The molecule has 0 unspecified atom stereocenters. The fourth-order valence-corrected chi connectivity index (χ4v) is 6.22. The molecule has 6 rings (SSSR count). The molecule has 2 saturated carbocycles. The van der Waals surface area contributed by atoms with Gasteiger partial charge in [-0.05, 0) is 42.7 Å². The van der Waals surface area contributed by atoms with Crippen LogP contribution in [0.2, 0.25) is 10.0 Å². The minimum absolute atomic E-state index is 0.00696. The van der Waals surface area contributed by atoms with Gasteiger partial charge in [-0.2, -0.15) is 0 Å². The number of halogens is 2. The lowest BCUT2D eigenvalue weighted by atomic mass is 9.71. The number of amides is 2. The molecule has 7 heteroatoms. The predicted octanol–water partition coefficient (Wildman–Crippen LogP) is 4.17. The standard InChI is InChI=1S/C22H16Cl2N2O3/c23-10-5-7-11(8-6-10)26-21(27)16-13-9-14(17(16)22(26)28)20-18(13)19(25-29-20)12-3-1-2-4-15(12)24/h1-8,13-14,16-18,20H,9H2/t13-,14-,16+,17-,18-,20-/m1/s1. The maximum atomic E-state index is 13.3. The van der Waals surface area contributed by atoms with Crippen LogP contribution in [0.25, 0.3) is 0 Å². The predicted molar refractivity (Wildman–Crippen MR) is 109 cm³/mol. The lowest BCUT2D eigenvalue weighted by Gasteiger charge is -2.30. The Morgan fingerprint density at radius 2 is 1.59 bits per heavy atom. The van der Waals surface area contributed by atoms with Crippen molar-refractivity contribution in [2.75, 3.05) is 4.90 Å². The van der Waals surface area contributed by atoms with Gasteiger partial charge in [0.2, 0.25) is 11.8 Å². The van der Waals surface area contributed by atoms with E-state index < -0.39 is 0 Å². The van der Waals surface area contributed by atoms with Gasteiger partial charge in [0.1, 0.15) is 6.10 Å². The number of anilines is 1. The zero-order valence-corrected chi connectivity index (χ0v) is 16.7. The van der Waals surface area contributed by atoms with Gasteiger partial charge in [-0.1, -0.05) is 46.6 Å². The molecule has 0 N–H and O–H groups in total. The minimum Gasteiger partial charge on any atom is -0.391 e. The minimum atomic E-state index is -0.342. The normalized spacial score (nSPS) is 34.3. The van der Waals surface area contributed by atoms with Gasteiger partial charge >= 0.3 is 0 Å². The third-order valence-corrected chi connectivity index (χ3v) is 7.51. The van der Waals surface area contributed by atoms with E-state index in [9.17, 15) is 9.59 Å². The number of fused-ring (bicyclic) bond motifs is 8. The molecule has 2 amide bonds. The highest BCUT2D eigenvalue weighted by Gasteiger charge is 2.70. The number of rotatable bonds is 2. The average Bonchev–Trinajstić information content (AvgIpc) is 3.44. The van der Waals surface area contributed by atoms with Gasteiger partial charge in [0.05, 0.1) is 23.2 Å². The maximum Gasteiger partial charge on any atom is 0.238 e. The summed E-state index contributed by atoms with van der Waals surface area (Å²) in [5.41, 5.74) is 2.22. The van der Waals surface area contributed by atoms with Crippen LogP contribution in [0, 0.1) is 29.6 Å². The van der Waals surface area contributed by atoms with Crippen molar-refractivity contribution in [3.05, 3.63) is 64.1 Å². The third kappa shape index (κ3) is 2.26. The summed E-state index contributed by atoms with van der Waals surface area (Å²) in [4.78, 5) is 33.7. The topological polar surface area (TPSA) is 59.0 Å². The summed E-state index contributed by atoms with van der Waals surface area (Å²) in [5.74, 6) is -0.928. The largest absolute Gasteiger partial charge is 0.391 e. The summed E-state index contributed by atoms with van der Waals surface area (Å²) in [7, 11) is 0. The summed E-state index contributed by atoms with van der Waals surface area (Å²) in [6, 6.07) is 14.4. The molecule has 0 radical (unpaired) electrons. The zero-order chi connectivity index (χ0) is 19.9. The third-order valence-electron chi connectivity index (χ3n) is 6.93. The quantitative estimate of drug-likeness (QED) is 0.677. The van der Waals surface area contributed by atoms with Gasteiger partial charge in [-0.15, -0.1) is 0 Å². The first-order valence-electron chi connectivity index (χ1n) is 9.68. The van der Waals surface area contributed by atoms with E-state index in [-0.39, 0.29) is 47.5 Å². The molecule has 2 heterocycles. The van der Waals surface area contributed by atoms with E-state index in [0.29, 0.717) is 15.7 Å². The van der Waals surface area contributed by atoms with Crippen molar-refractivity contribution in [2.45, 2.75) is 12.5 Å². The zero-order valence-electron chi connectivity index (χ0n) is 15.2. The molecule has 0 aromatic heterocycles. The lowest BCUT2D eigenvalue weighted by Crippen LogP contribution is -2.41. The molecule has 2 aromatic rings. The number of carbonyl (C=O) groups excluding carboxylic acids is 2. The van der Waals surface area contributed by atoms with Gasteiger partial charge in [-0.25, -0.2) is 0 Å². The lowest BCUT2D eigenvalue weighted by molar-refractivity contribution is -0.125. The average molecular weight is 427 g/mol. The van der Waals surface area contributed by atoms with Crippen LogP contribution < -0.4 is 4.90 Å². The van der Waals surface area contributed by atoms with Gasteiger partial charge in [0.25, 0.3) is 0 Å². The first-order valence-corrected chi connectivity index (χ1v) is 10.4. The Hall–Kier alpha value is -2.37. The summed E-state index contributed by atoms with van der Waals surface area (Å²) in [6.45, 7) is 0. The van der Waals surface area contributed by atoms with Crippen LogP contribution in [0.15, 0.2) is 53.7 Å². The Bertz CT molecular complexity index is 1080. The van der Waals surface area contributed by atoms with Crippen LogP contribution in [-0.2, 0) is 14.4 Å². The number of hydrogen-bond acceptors (Lipinski definition) is 4. The van der Waals surface area contributed by atoms with Crippen LogP contribution in [0.3, 0.4) is 0 Å². The molecule has 2 aliphatic carbocycles. The van der Waals surface area contributed by atoms with Crippen molar-refractivity contribution in [1.29, 1.82) is 0 Å². The Labute approximate surface area is 177 Å². The molecule has 1 saturated heterocycles. The molecule has 2 bridgehead atoms. The molecule has 2 aliphatic heterocycles. The van der Waals surface area contributed by atoms with E-state index in [1.165, 1.54) is 4.90 Å². The van der Waals surface area contributed by atoms with E-state index in [4.69, 9.17) is 28.0 Å². The second-order valence-electron chi connectivity index (χ2n) is 8.16. The van der Waals surface area contributed by atoms with E-state index in [2.05, 4.69) is 5.16 Å². The number of carbonyl (C=O) groups is 2. The van der Waals surface area contributed by atoms with Crippen LogP contribution >= 0.6 is 23.2 Å². The highest BCUT2D eigenvalue weighted by molar-refractivity contribution is 6.34. The molecule has 146 valence electrons. The second-order valence-corrected chi connectivity index (χ2v) is 9.00. The SMILES string of the molecule is O=C1[C@@H]2[C@H]3C[C@@H]([C@@H]4C(c5ccccc5Cl)=NO[C@H]34)[C@@H]2C(=O)N1c1ccc(Cl)cc1. The van der Waals surface area contributed by atoms with Crippen LogP contribution in [0.4, 0.5) is 5.69 Å². The molecular weight excluding hydrogens is 411 g/mol. The van der Waals surface area contributed by atoms with Crippen molar-refractivity contribution in [3.8, 4) is 0 Å². The molecule has 4 aliphatic rings. The van der Waals surface area contributed by atoms with Gasteiger partial charge in [0.15, 0.2) is 0 Å². The van der Waals surface area contributed by atoms with Gasteiger partial charge in [0, 0.05) is 27.4 Å². The van der Waals surface area contributed by atoms with Crippen molar-refractivity contribution in [1.82, 2.24) is 0 Å². The van der Waals surface area contributed by atoms with E-state index in [0.717, 1.165) is 17.7 Å². The number of oxime groups is 1. The molecule has 29 heavy (non-hydrogen) atoms. The molecule has 3 fully saturated rings. The van der Waals surface area contributed by atoms with Crippen LogP contribution in [0.5, 0.6) is 0 Å². The summed E-state index contributed by atoms with van der Waals surface area (Å²) in [5, 5.41) is 5.52. The van der Waals surface area contributed by atoms with Crippen molar-refractivity contribution in [2.24, 2.45) is 34.7 Å².